The van der Waals surface area contributed by atoms with Gasteiger partial charge >= 0.3 is 5.97 Å². The number of carbonyl (C=O) groups is 1. The van der Waals surface area contributed by atoms with Gasteiger partial charge in [0, 0.05) is 6.42 Å². The lowest BCUT2D eigenvalue weighted by molar-refractivity contribution is -0.137. The van der Waals surface area contributed by atoms with Gasteiger partial charge in [0.15, 0.2) is 0 Å². The molecule has 1 rings (SSSR count). The van der Waals surface area contributed by atoms with Crippen molar-refractivity contribution < 1.29 is 9.90 Å². The molecule has 0 aliphatic carbocycles. The molecule has 0 aromatic heterocycles. The molecule has 0 amide bonds. The van der Waals surface area contributed by atoms with E-state index in [9.17, 15) is 4.79 Å². The van der Waals surface area contributed by atoms with Crippen molar-refractivity contribution in [1.82, 2.24) is 0 Å². The number of benzene rings is 1. The molecule has 0 radical (unpaired) electrons. The van der Waals surface area contributed by atoms with Crippen molar-refractivity contribution in [3.8, 4) is 0 Å². The van der Waals surface area contributed by atoms with Gasteiger partial charge in [-0.05, 0) is 24.5 Å². The molecule has 0 bridgehead atoms. The molecule has 1 N–H and O–H groups in total. The summed E-state index contributed by atoms with van der Waals surface area (Å²) in [6, 6.07) is 3.33. The zero-order valence-electron chi connectivity index (χ0n) is 8.72. The molecule has 6 heteroatoms. The molecule has 1 aromatic rings. The van der Waals surface area contributed by atoms with E-state index in [4.69, 9.17) is 51.5 Å². The van der Waals surface area contributed by atoms with Crippen molar-refractivity contribution in [1.29, 1.82) is 0 Å². The average Bonchev–Trinajstić information content (AvgIpc) is 2.25. The lowest BCUT2D eigenvalue weighted by Crippen LogP contribution is -1.97. The van der Waals surface area contributed by atoms with Crippen LogP contribution < -0.4 is 0 Å². The monoisotopic (exact) mass is 314 g/mol. The maximum absolute atomic E-state index is 10.4. The maximum Gasteiger partial charge on any atom is 0.303 e. The summed E-state index contributed by atoms with van der Waals surface area (Å²) >= 11 is 23.9. The molecule has 1 unspecified atom stereocenters. The largest absolute Gasteiger partial charge is 0.481 e. The Bertz CT molecular complexity index is 420. The zero-order chi connectivity index (χ0) is 13.0. The third kappa shape index (κ3) is 4.22. The minimum Gasteiger partial charge on any atom is -0.481 e. The van der Waals surface area contributed by atoms with Gasteiger partial charge in [0.2, 0.25) is 0 Å². The van der Waals surface area contributed by atoms with E-state index in [1.807, 2.05) is 0 Å². The second kappa shape index (κ2) is 6.69. The molecule has 0 saturated carbocycles. The van der Waals surface area contributed by atoms with Crippen LogP contribution in [0.1, 0.15) is 30.2 Å². The highest BCUT2D eigenvalue weighted by Gasteiger charge is 2.16. The Hall–Kier alpha value is -0.150. The standard InChI is InChI=1S/C11H10Cl4O2/c12-7(2-1-3-9(16)17)6-4-5-8(13)11(15)10(6)14/h4-5,7H,1-3H2,(H,16,17). The molecule has 1 aromatic carbocycles. The summed E-state index contributed by atoms with van der Waals surface area (Å²) in [7, 11) is 0. The molecule has 0 saturated heterocycles. The topological polar surface area (TPSA) is 37.3 Å². The van der Waals surface area contributed by atoms with E-state index in [-0.39, 0.29) is 16.8 Å². The Kier molecular flexibility index (Phi) is 5.87. The predicted molar refractivity (Wildman–Crippen MR) is 71.6 cm³/mol. The van der Waals surface area contributed by atoms with Crippen molar-refractivity contribution in [2.45, 2.75) is 24.6 Å². The number of carboxylic acid groups (broad SMARTS) is 1. The Morgan fingerprint density at radius 1 is 1.24 bits per heavy atom. The van der Waals surface area contributed by atoms with Gasteiger partial charge in [-0.2, -0.15) is 0 Å². The first-order chi connectivity index (χ1) is 7.93. The van der Waals surface area contributed by atoms with Crippen LogP contribution in [-0.4, -0.2) is 11.1 Å². The molecule has 1 atom stereocenters. The maximum atomic E-state index is 10.4. The van der Waals surface area contributed by atoms with Gasteiger partial charge in [-0.1, -0.05) is 40.9 Å². The first-order valence-electron chi connectivity index (χ1n) is 4.92. The van der Waals surface area contributed by atoms with Crippen LogP contribution >= 0.6 is 46.4 Å². The van der Waals surface area contributed by atoms with Crippen molar-refractivity contribution in [3.05, 3.63) is 32.8 Å². The summed E-state index contributed by atoms with van der Waals surface area (Å²) < 4.78 is 0. The second-order valence-electron chi connectivity index (χ2n) is 3.52. The van der Waals surface area contributed by atoms with E-state index in [1.54, 1.807) is 12.1 Å². The molecule has 2 nitrogen and oxygen atoms in total. The summed E-state index contributed by atoms with van der Waals surface area (Å²) in [6.45, 7) is 0. The summed E-state index contributed by atoms with van der Waals surface area (Å²) in [5, 5.41) is 9.13. The van der Waals surface area contributed by atoms with E-state index in [0.29, 0.717) is 28.5 Å². The third-order valence-electron chi connectivity index (χ3n) is 2.25. The fraction of sp³-hybridized carbons (Fsp3) is 0.364. The Morgan fingerprint density at radius 3 is 2.47 bits per heavy atom. The van der Waals surface area contributed by atoms with E-state index in [2.05, 4.69) is 0 Å². The highest BCUT2D eigenvalue weighted by atomic mass is 35.5. The lowest BCUT2D eigenvalue weighted by Gasteiger charge is -2.12. The molecule has 0 heterocycles. The van der Waals surface area contributed by atoms with Gasteiger partial charge in [0.25, 0.3) is 0 Å². The SMILES string of the molecule is O=C(O)CCCC(Cl)c1ccc(Cl)c(Cl)c1Cl. The molecule has 0 aliphatic heterocycles. The minimum atomic E-state index is -0.839. The number of alkyl halides is 1. The highest BCUT2D eigenvalue weighted by molar-refractivity contribution is 6.48. The van der Waals surface area contributed by atoms with E-state index >= 15 is 0 Å². The normalized spacial score (nSPS) is 12.5. The van der Waals surface area contributed by atoms with Crippen LogP contribution in [0.2, 0.25) is 15.1 Å². The van der Waals surface area contributed by atoms with Crippen LogP contribution in [-0.2, 0) is 4.79 Å². The van der Waals surface area contributed by atoms with Gasteiger partial charge in [-0.3, -0.25) is 4.79 Å². The fourth-order valence-electron chi connectivity index (χ4n) is 1.37. The van der Waals surface area contributed by atoms with Gasteiger partial charge in [0.1, 0.15) is 0 Å². The number of aliphatic carboxylic acids is 1. The predicted octanol–water partition coefficient (Wildman–Crippen LogP) is 5.18. The summed E-state index contributed by atoms with van der Waals surface area (Å²) in [5.41, 5.74) is 0.674. The van der Waals surface area contributed by atoms with Crippen LogP contribution in [0.4, 0.5) is 0 Å². The highest BCUT2D eigenvalue weighted by Crippen LogP contribution is 2.39. The van der Waals surface area contributed by atoms with E-state index in [1.165, 1.54) is 0 Å². The molecular formula is C11H10Cl4O2. The average molecular weight is 316 g/mol. The summed E-state index contributed by atoms with van der Waals surface area (Å²) in [4.78, 5) is 10.4. The molecule has 0 aliphatic rings. The molecule has 0 fully saturated rings. The quantitative estimate of drug-likeness (QED) is 0.600. The smallest absolute Gasteiger partial charge is 0.303 e. The number of hydrogen-bond acceptors (Lipinski definition) is 1. The lowest BCUT2D eigenvalue weighted by atomic mass is 10.1. The fourth-order valence-corrected chi connectivity index (χ4v) is 2.44. The molecule has 0 spiro atoms. The third-order valence-corrected chi connectivity index (χ3v) is 4.01. The van der Waals surface area contributed by atoms with Crippen molar-refractivity contribution >= 4 is 52.4 Å². The van der Waals surface area contributed by atoms with Crippen LogP contribution in [0.25, 0.3) is 0 Å². The molecule has 17 heavy (non-hydrogen) atoms. The van der Waals surface area contributed by atoms with Crippen molar-refractivity contribution in [2.24, 2.45) is 0 Å². The number of halogens is 4. The number of hydrogen-bond donors (Lipinski definition) is 1. The number of carboxylic acids is 1. The summed E-state index contributed by atoms with van der Waals surface area (Å²) in [5.74, 6) is -0.839. The molecule has 94 valence electrons. The Morgan fingerprint density at radius 2 is 1.88 bits per heavy atom. The number of rotatable bonds is 5. The Labute approximate surface area is 119 Å². The molecular weight excluding hydrogens is 306 g/mol. The van der Waals surface area contributed by atoms with Crippen LogP contribution in [0.15, 0.2) is 12.1 Å². The Balaban J connectivity index is 2.72. The van der Waals surface area contributed by atoms with Crippen LogP contribution in [0.5, 0.6) is 0 Å². The second-order valence-corrected chi connectivity index (χ2v) is 5.21. The zero-order valence-corrected chi connectivity index (χ0v) is 11.7. The first kappa shape index (κ1) is 14.9. The van der Waals surface area contributed by atoms with E-state index < -0.39 is 5.97 Å². The van der Waals surface area contributed by atoms with Crippen LogP contribution in [0, 0.1) is 0 Å². The first-order valence-corrected chi connectivity index (χ1v) is 6.49. The van der Waals surface area contributed by atoms with E-state index in [0.717, 1.165) is 0 Å². The van der Waals surface area contributed by atoms with Crippen LogP contribution in [0.3, 0.4) is 0 Å². The van der Waals surface area contributed by atoms with Crippen molar-refractivity contribution in [3.63, 3.8) is 0 Å². The van der Waals surface area contributed by atoms with Crippen molar-refractivity contribution in [2.75, 3.05) is 0 Å². The summed E-state index contributed by atoms with van der Waals surface area (Å²) in [6.07, 6.45) is 1.09. The van der Waals surface area contributed by atoms with Gasteiger partial charge in [-0.25, -0.2) is 0 Å². The van der Waals surface area contributed by atoms with Gasteiger partial charge < -0.3 is 5.11 Å². The van der Waals surface area contributed by atoms with Gasteiger partial charge in [-0.15, -0.1) is 11.6 Å². The minimum absolute atomic E-state index is 0.0855. The van der Waals surface area contributed by atoms with Gasteiger partial charge in [0.05, 0.1) is 20.4 Å².